The van der Waals surface area contributed by atoms with Crippen molar-refractivity contribution in [2.75, 3.05) is 52.9 Å². The van der Waals surface area contributed by atoms with Gasteiger partial charge in [-0.25, -0.2) is 0 Å². The minimum absolute atomic E-state index is 0.920. The van der Waals surface area contributed by atoms with Gasteiger partial charge in [0.1, 0.15) is 0 Å². The van der Waals surface area contributed by atoms with Crippen LogP contribution in [0.4, 0.5) is 0 Å². The van der Waals surface area contributed by atoms with E-state index < -0.39 is 0 Å². The summed E-state index contributed by atoms with van der Waals surface area (Å²) in [5, 5.41) is 3.43. The number of rotatable bonds is 2. The van der Waals surface area contributed by atoms with Crippen molar-refractivity contribution < 1.29 is 0 Å². The van der Waals surface area contributed by atoms with Crippen molar-refractivity contribution in [3.8, 4) is 0 Å². The molecule has 1 atom stereocenters. The molecule has 0 aromatic carbocycles. The van der Waals surface area contributed by atoms with Gasteiger partial charge in [0.05, 0.1) is 0 Å². The predicted octanol–water partition coefficient (Wildman–Crippen LogP) is -0.157. The van der Waals surface area contributed by atoms with Crippen molar-refractivity contribution in [2.24, 2.45) is 5.92 Å². The highest BCUT2D eigenvalue weighted by molar-refractivity contribution is 4.77. The van der Waals surface area contributed by atoms with E-state index in [-0.39, 0.29) is 0 Å². The zero-order valence-electron chi connectivity index (χ0n) is 8.63. The van der Waals surface area contributed by atoms with E-state index in [9.17, 15) is 0 Å². The number of nitrogens with zero attached hydrogens (tertiary/aromatic N) is 2. The van der Waals surface area contributed by atoms with Gasteiger partial charge >= 0.3 is 0 Å². The molecule has 0 aromatic heterocycles. The zero-order valence-corrected chi connectivity index (χ0v) is 8.63. The average Bonchev–Trinajstić information content (AvgIpc) is 2.62. The van der Waals surface area contributed by atoms with Crippen molar-refractivity contribution in [3.63, 3.8) is 0 Å². The van der Waals surface area contributed by atoms with Crippen LogP contribution in [0.25, 0.3) is 0 Å². The van der Waals surface area contributed by atoms with Crippen LogP contribution >= 0.6 is 0 Å². The maximum Gasteiger partial charge on any atom is 0.0110 e. The summed E-state index contributed by atoms with van der Waals surface area (Å²) in [5.74, 6) is 0.920. The van der Waals surface area contributed by atoms with Crippen LogP contribution in [0.5, 0.6) is 0 Å². The molecule has 0 radical (unpaired) electrons. The molecule has 0 spiro atoms. The van der Waals surface area contributed by atoms with Gasteiger partial charge in [-0.15, -0.1) is 0 Å². The Hall–Kier alpha value is -0.120. The lowest BCUT2D eigenvalue weighted by Crippen LogP contribution is -2.46. The summed E-state index contributed by atoms with van der Waals surface area (Å²) in [7, 11) is 2.22. The summed E-state index contributed by atoms with van der Waals surface area (Å²) in [5.41, 5.74) is 0. The Morgan fingerprint density at radius 3 is 2.62 bits per heavy atom. The van der Waals surface area contributed by atoms with Gasteiger partial charge in [0.15, 0.2) is 0 Å². The Balaban J connectivity index is 1.69. The summed E-state index contributed by atoms with van der Waals surface area (Å²) in [6, 6.07) is 0. The van der Waals surface area contributed by atoms with Crippen molar-refractivity contribution in [3.05, 3.63) is 0 Å². The summed E-state index contributed by atoms with van der Waals surface area (Å²) in [6.45, 7) is 8.84. The van der Waals surface area contributed by atoms with Gasteiger partial charge in [0.25, 0.3) is 0 Å². The monoisotopic (exact) mass is 183 g/mol. The maximum atomic E-state index is 3.43. The Labute approximate surface area is 81.1 Å². The largest absolute Gasteiger partial charge is 0.316 e. The summed E-state index contributed by atoms with van der Waals surface area (Å²) < 4.78 is 0. The molecule has 0 aliphatic carbocycles. The summed E-state index contributed by atoms with van der Waals surface area (Å²) in [6.07, 6.45) is 1.38. The third kappa shape index (κ3) is 2.66. The van der Waals surface area contributed by atoms with Crippen LogP contribution in [-0.4, -0.2) is 62.7 Å². The highest BCUT2D eigenvalue weighted by atomic mass is 15.2. The van der Waals surface area contributed by atoms with E-state index in [1.807, 2.05) is 0 Å². The molecule has 76 valence electrons. The van der Waals surface area contributed by atoms with Crippen LogP contribution in [-0.2, 0) is 0 Å². The van der Waals surface area contributed by atoms with Gasteiger partial charge in [-0.05, 0) is 32.5 Å². The van der Waals surface area contributed by atoms with Crippen LogP contribution in [0.2, 0.25) is 0 Å². The first-order chi connectivity index (χ1) is 6.34. The molecule has 2 aliphatic heterocycles. The van der Waals surface area contributed by atoms with E-state index in [0.717, 1.165) is 5.92 Å². The van der Waals surface area contributed by atoms with E-state index in [2.05, 4.69) is 22.2 Å². The Morgan fingerprint density at radius 1 is 1.23 bits per heavy atom. The van der Waals surface area contributed by atoms with Gasteiger partial charge in [-0.2, -0.15) is 0 Å². The smallest absolute Gasteiger partial charge is 0.0110 e. The molecule has 1 unspecified atom stereocenters. The number of hydrogen-bond acceptors (Lipinski definition) is 3. The lowest BCUT2D eigenvalue weighted by molar-refractivity contribution is 0.139. The van der Waals surface area contributed by atoms with E-state index in [0.29, 0.717) is 0 Å². The number of piperazine rings is 1. The molecule has 2 saturated heterocycles. The fourth-order valence-electron chi connectivity index (χ4n) is 2.27. The summed E-state index contributed by atoms with van der Waals surface area (Å²) in [4.78, 5) is 5.04. The number of hydrogen-bond donors (Lipinski definition) is 1. The molecule has 2 fully saturated rings. The normalized spacial score (nSPS) is 32.5. The van der Waals surface area contributed by atoms with Crippen LogP contribution in [0.1, 0.15) is 6.42 Å². The van der Waals surface area contributed by atoms with Crippen LogP contribution in [0.15, 0.2) is 0 Å². The van der Waals surface area contributed by atoms with Gasteiger partial charge in [-0.1, -0.05) is 0 Å². The molecular weight excluding hydrogens is 162 g/mol. The Bertz CT molecular complexity index is 146. The minimum atomic E-state index is 0.920. The number of nitrogens with one attached hydrogen (secondary N) is 1. The minimum Gasteiger partial charge on any atom is -0.316 e. The van der Waals surface area contributed by atoms with Gasteiger partial charge < -0.3 is 15.1 Å². The van der Waals surface area contributed by atoms with Crippen LogP contribution in [0.3, 0.4) is 0 Å². The average molecular weight is 183 g/mol. The lowest BCUT2D eigenvalue weighted by atomic mass is 10.1. The molecule has 0 aromatic rings. The first-order valence-corrected chi connectivity index (χ1v) is 5.46. The van der Waals surface area contributed by atoms with Crippen LogP contribution in [0, 0.1) is 5.92 Å². The summed E-state index contributed by atoms with van der Waals surface area (Å²) >= 11 is 0. The standard InChI is InChI=1S/C10H21N3/c1-12-4-6-13(7-5-12)9-10-2-3-11-8-10/h10-11H,2-9H2,1H3. The molecule has 0 amide bonds. The molecule has 2 rings (SSSR count). The molecule has 13 heavy (non-hydrogen) atoms. The zero-order chi connectivity index (χ0) is 9.10. The van der Waals surface area contributed by atoms with Crippen molar-refractivity contribution >= 4 is 0 Å². The van der Waals surface area contributed by atoms with E-state index in [1.54, 1.807) is 0 Å². The van der Waals surface area contributed by atoms with Gasteiger partial charge in [-0.3, -0.25) is 0 Å². The Morgan fingerprint density at radius 2 is 2.00 bits per heavy atom. The molecule has 2 heterocycles. The third-order valence-corrected chi connectivity index (χ3v) is 3.27. The molecule has 0 bridgehead atoms. The van der Waals surface area contributed by atoms with E-state index in [4.69, 9.17) is 0 Å². The van der Waals surface area contributed by atoms with Crippen molar-refractivity contribution in [1.82, 2.24) is 15.1 Å². The Kier molecular flexibility index (Phi) is 3.19. The van der Waals surface area contributed by atoms with E-state index in [1.165, 1.54) is 52.2 Å². The fraction of sp³-hybridized carbons (Fsp3) is 1.00. The third-order valence-electron chi connectivity index (χ3n) is 3.27. The van der Waals surface area contributed by atoms with Gasteiger partial charge in [0, 0.05) is 32.7 Å². The molecule has 0 saturated carbocycles. The molecule has 3 nitrogen and oxygen atoms in total. The molecule has 3 heteroatoms. The lowest BCUT2D eigenvalue weighted by Gasteiger charge is -2.33. The number of likely N-dealkylation sites (N-methyl/N-ethyl adjacent to an activating group) is 1. The van der Waals surface area contributed by atoms with Crippen molar-refractivity contribution in [2.45, 2.75) is 6.42 Å². The topological polar surface area (TPSA) is 18.5 Å². The van der Waals surface area contributed by atoms with Gasteiger partial charge in [0.2, 0.25) is 0 Å². The first kappa shape index (κ1) is 9.44. The fourth-order valence-corrected chi connectivity index (χ4v) is 2.27. The van der Waals surface area contributed by atoms with E-state index >= 15 is 0 Å². The second-order valence-electron chi connectivity index (χ2n) is 4.46. The highest BCUT2D eigenvalue weighted by Crippen LogP contribution is 2.10. The predicted molar refractivity (Wildman–Crippen MR) is 54.9 cm³/mol. The SMILES string of the molecule is CN1CCN(CC2CCNC2)CC1. The van der Waals surface area contributed by atoms with Crippen molar-refractivity contribution in [1.29, 1.82) is 0 Å². The molecular formula is C10H21N3. The highest BCUT2D eigenvalue weighted by Gasteiger charge is 2.20. The second-order valence-corrected chi connectivity index (χ2v) is 4.46. The first-order valence-electron chi connectivity index (χ1n) is 5.46. The molecule has 2 aliphatic rings. The second kappa shape index (κ2) is 4.40. The maximum absolute atomic E-state index is 3.43. The van der Waals surface area contributed by atoms with Crippen LogP contribution < -0.4 is 5.32 Å². The molecule has 1 N–H and O–H groups in total. The quantitative estimate of drug-likeness (QED) is 0.642.